The summed E-state index contributed by atoms with van der Waals surface area (Å²) >= 11 is 0. The molecule has 0 aromatic heterocycles. The van der Waals surface area contributed by atoms with Gasteiger partial charge in [-0.05, 0) is 31.2 Å². The summed E-state index contributed by atoms with van der Waals surface area (Å²) in [5.41, 5.74) is 3.13. The fourth-order valence-electron chi connectivity index (χ4n) is 2.27. The Kier molecular flexibility index (Phi) is 5.54. The van der Waals surface area contributed by atoms with Crippen molar-refractivity contribution in [3.8, 4) is 0 Å². The smallest absolute Gasteiger partial charge is 0.240 e. The number of benzene rings is 1. The second kappa shape index (κ2) is 7.19. The molecule has 1 aromatic rings. The van der Waals surface area contributed by atoms with Crippen LogP contribution in [0, 0.1) is 0 Å². The molecule has 7 nitrogen and oxygen atoms in total. The first kappa shape index (κ1) is 16.2. The molecule has 4 N–H and O–H groups in total. The number of hydrazine groups is 1. The summed E-state index contributed by atoms with van der Waals surface area (Å²) in [6.07, 6.45) is 0. The lowest BCUT2D eigenvalue weighted by Gasteiger charge is -2.29. The first-order valence-electron chi connectivity index (χ1n) is 6.90. The van der Waals surface area contributed by atoms with Crippen molar-refractivity contribution < 1.29 is 13.2 Å². The van der Waals surface area contributed by atoms with Crippen LogP contribution >= 0.6 is 0 Å². The Hall–Kier alpha value is -1.19. The lowest BCUT2D eigenvalue weighted by Crippen LogP contribution is -2.45. The van der Waals surface area contributed by atoms with Crippen LogP contribution in [0.2, 0.25) is 0 Å². The van der Waals surface area contributed by atoms with Gasteiger partial charge in [0.2, 0.25) is 10.0 Å². The average molecular weight is 314 g/mol. The molecule has 21 heavy (non-hydrogen) atoms. The lowest BCUT2D eigenvalue weighted by molar-refractivity contribution is 0.0354. The third-order valence-electron chi connectivity index (χ3n) is 3.32. The van der Waals surface area contributed by atoms with Crippen molar-refractivity contribution >= 4 is 15.7 Å². The van der Waals surface area contributed by atoms with Gasteiger partial charge in [-0.1, -0.05) is 0 Å². The summed E-state index contributed by atoms with van der Waals surface area (Å²) in [4.78, 5) is 2.42. The number of ether oxygens (including phenoxy) is 1. The highest BCUT2D eigenvalue weighted by atomic mass is 32.2. The number of rotatable bonds is 6. The maximum absolute atomic E-state index is 12.3. The van der Waals surface area contributed by atoms with E-state index in [9.17, 15) is 8.42 Å². The molecule has 1 unspecified atom stereocenters. The molecule has 118 valence electrons. The van der Waals surface area contributed by atoms with Gasteiger partial charge in [-0.3, -0.25) is 10.7 Å². The molecular formula is C13H22N4O3S. The van der Waals surface area contributed by atoms with Crippen LogP contribution in [-0.2, 0) is 14.8 Å². The first-order valence-corrected chi connectivity index (χ1v) is 8.39. The van der Waals surface area contributed by atoms with Gasteiger partial charge in [0.15, 0.2) is 0 Å². The van der Waals surface area contributed by atoms with E-state index in [0.717, 1.165) is 13.1 Å². The fourth-order valence-corrected chi connectivity index (χ4v) is 3.51. The van der Waals surface area contributed by atoms with Crippen molar-refractivity contribution in [2.24, 2.45) is 5.84 Å². The number of nitrogens with one attached hydrogen (secondary N) is 2. The summed E-state index contributed by atoms with van der Waals surface area (Å²) in [5.74, 6) is 5.26. The van der Waals surface area contributed by atoms with Crippen LogP contribution < -0.4 is 16.0 Å². The van der Waals surface area contributed by atoms with E-state index in [1.165, 1.54) is 12.1 Å². The van der Waals surface area contributed by atoms with Crippen molar-refractivity contribution in [1.82, 2.24) is 9.62 Å². The molecule has 1 saturated heterocycles. The number of morpholine rings is 1. The lowest BCUT2D eigenvalue weighted by atomic mass is 10.3. The first-order chi connectivity index (χ1) is 10.0. The van der Waals surface area contributed by atoms with E-state index < -0.39 is 10.0 Å². The topological polar surface area (TPSA) is 96.7 Å². The van der Waals surface area contributed by atoms with Crippen LogP contribution in [0.3, 0.4) is 0 Å². The number of hydrogen-bond acceptors (Lipinski definition) is 6. The van der Waals surface area contributed by atoms with Gasteiger partial charge in [0.1, 0.15) is 0 Å². The van der Waals surface area contributed by atoms with E-state index in [-0.39, 0.29) is 10.9 Å². The highest BCUT2D eigenvalue weighted by molar-refractivity contribution is 7.89. The Morgan fingerprint density at radius 2 is 1.90 bits per heavy atom. The maximum atomic E-state index is 12.3. The second-order valence-corrected chi connectivity index (χ2v) is 6.82. The summed E-state index contributed by atoms with van der Waals surface area (Å²) in [7, 11) is -3.51. The van der Waals surface area contributed by atoms with Crippen LogP contribution in [0.4, 0.5) is 5.69 Å². The third kappa shape index (κ3) is 4.65. The van der Waals surface area contributed by atoms with E-state index in [1.807, 2.05) is 6.92 Å². The number of hydrogen-bond donors (Lipinski definition) is 3. The van der Waals surface area contributed by atoms with Gasteiger partial charge in [0, 0.05) is 31.4 Å². The highest BCUT2D eigenvalue weighted by Crippen LogP contribution is 2.13. The molecule has 1 fully saturated rings. The summed E-state index contributed by atoms with van der Waals surface area (Å²) < 4.78 is 32.5. The minimum atomic E-state index is -3.51. The van der Waals surface area contributed by atoms with Gasteiger partial charge in [0.25, 0.3) is 0 Å². The standard InChI is InChI=1S/C13H22N4O3S/c1-11(10-17-6-8-20-9-7-17)16-21(18,19)13-4-2-12(15-14)3-5-13/h2-5,11,15-16H,6-10,14H2,1H3. The van der Waals surface area contributed by atoms with Crippen LogP contribution in [0.5, 0.6) is 0 Å². The number of nitrogens with zero attached hydrogens (tertiary/aromatic N) is 1. The quantitative estimate of drug-likeness (QED) is 0.504. The molecular weight excluding hydrogens is 292 g/mol. The van der Waals surface area contributed by atoms with Gasteiger partial charge in [-0.25, -0.2) is 13.1 Å². The number of nitrogen functional groups attached to an aromatic ring is 1. The van der Waals surface area contributed by atoms with E-state index in [2.05, 4.69) is 15.0 Å². The zero-order chi connectivity index (χ0) is 15.3. The van der Waals surface area contributed by atoms with Gasteiger partial charge in [-0.15, -0.1) is 0 Å². The molecule has 1 atom stereocenters. The highest BCUT2D eigenvalue weighted by Gasteiger charge is 2.20. The predicted molar refractivity (Wildman–Crippen MR) is 81.3 cm³/mol. The third-order valence-corrected chi connectivity index (χ3v) is 4.93. The van der Waals surface area contributed by atoms with Crippen LogP contribution in [0.1, 0.15) is 6.92 Å². The second-order valence-electron chi connectivity index (χ2n) is 5.10. The van der Waals surface area contributed by atoms with Crippen LogP contribution in [-0.4, -0.2) is 52.2 Å². The Bertz CT molecular complexity index is 541. The molecule has 1 aliphatic heterocycles. The van der Waals surface area contributed by atoms with Crippen LogP contribution in [0.15, 0.2) is 29.2 Å². The van der Waals surface area contributed by atoms with Crippen molar-refractivity contribution in [3.63, 3.8) is 0 Å². The maximum Gasteiger partial charge on any atom is 0.240 e. The molecule has 1 heterocycles. The molecule has 0 amide bonds. The Morgan fingerprint density at radius 3 is 2.48 bits per heavy atom. The molecule has 1 aliphatic rings. The SMILES string of the molecule is CC(CN1CCOCC1)NS(=O)(=O)c1ccc(NN)cc1. The molecule has 1 aromatic carbocycles. The average Bonchev–Trinajstić information content (AvgIpc) is 2.47. The Morgan fingerprint density at radius 1 is 1.29 bits per heavy atom. The van der Waals surface area contributed by atoms with E-state index in [1.54, 1.807) is 12.1 Å². The van der Waals surface area contributed by atoms with Gasteiger partial charge < -0.3 is 10.2 Å². The minimum Gasteiger partial charge on any atom is -0.379 e. The van der Waals surface area contributed by atoms with Gasteiger partial charge >= 0.3 is 0 Å². The predicted octanol–water partition coefficient (Wildman–Crippen LogP) is -0.0288. The number of anilines is 1. The largest absolute Gasteiger partial charge is 0.379 e. The van der Waals surface area contributed by atoms with E-state index in [4.69, 9.17) is 10.6 Å². The Labute approximate surface area is 125 Å². The summed E-state index contributed by atoms with van der Waals surface area (Å²) in [6, 6.07) is 6.14. The zero-order valence-corrected chi connectivity index (χ0v) is 12.9. The van der Waals surface area contributed by atoms with E-state index in [0.29, 0.717) is 25.4 Å². The molecule has 0 radical (unpaired) electrons. The monoisotopic (exact) mass is 314 g/mol. The minimum absolute atomic E-state index is 0.166. The summed E-state index contributed by atoms with van der Waals surface area (Å²) in [5, 5.41) is 0. The van der Waals surface area contributed by atoms with Crippen molar-refractivity contribution in [1.29, 1.82) is 0 Å². The van der Waals surface area contributed by atoms with Gasteiger partial charge in [0.05, 0.1) is 18.1 Å². The number of nitrogens with two attached hydrogens (primary N) is 1. The molecule has 0 bridgehead atoms. The van der Waals surface area contributed by atoms with Crippen molar-refractivity contribution in [2.45, 2.75) is 17.9 Å². The summed E-state index contributed by atoms with van der Waals surface area (Å²) in [6.45, 7) is 5.61. The fraction of sp³-hybridized carbons (Fsp3) is 0.538. The molecule has 2 rings (SSSR count). The molecule has 0 saturated carbocycles. The number of sulfonamides is 1. The zero-order valence-electron chi connectivity index (χ0n) is 12.1. The van der Waals surface area contributed by atoms with E-state index >= 15 is 0 Å². The molecule has 0 spiro atoms. The Balaban J connectivity index is 1.95. The normalized spacial score (nSPS) is 18.4. The molecule has 0 aliphatic carbocycles. The van der Waals surface area contributed by atoms with Crippen molar-refractivity contribution in [3.05, 3.63) is 24.3 Å². The van der Waals surface area contributed by atoms with Crippen molar-refractivity contribution in [2.75, 3.05) is 38.3 Å². The van der Waals surface area contributed by atoms with Crippen LogP contribution in [0.25, 0.3) is 0 Å². The van der Waals surface area contributed by atoms with Gasteiger partial charge in [-0.2, -0.15) is 0 Å². The molecule has 8 heteroatoms.